The fourth-order valence-corrected chi connectivity index (χ4v) is 0.999. The molecule has 14 heavy (non-hydrogen) atoms. The Bertz CT molecular complexity index is 345. The molecule has 2 rings (SSSR count). The Morgan fingerprint density at radius 1 is 1.57 bits per heavy atom. The number of aromatic nitrogens is 2. The van der Waals surface area contributed by atoms with E-state index in [-0.39, 0.29) is 11.7 Å². The number of hydrogen-bond donors (Lipinski definition) is 2. The van der Waals surface area contributed by atoms with Crippen LogP contribution in [0.4, 0.5) is 5.69 Å². The Labute approximate surface area is 79.9 Å². The van der Waals surface area contributed by atoms with Gasteiger partial charge in [-0.15, -0.1) is 0 Å². The predicted molar refractivity (Wildman–Crippen MR) is 47.2 cm³/mol. The first-order valence-electron chi connectivity index (χ1n) is 4.11. The third kappa shape index (κ3) is 1.85. The zero-order chi connectivity index (χ0) is 9.80. The highest BCUT2D eigenvalue weighted by Gasteiger charge is 2.14. The molecule has 0 atom stereocenters. The molecule has 1 aliphatic heterocycles. The molecule has 0 saturated heterocycles. The number of anilines is 1. The molecule has 74 valence electrons. The average Bonchev–Trinajstić information content (AvgIpc) is 2.72. The zero-order valence-electron chi connectivity index (χ0n) is 7.32. The van der Waals surface area contributed by atoms with E-state index in [4.69, 9.17) is 9.47 Å². The number of amides is 1. The summed E-state index contributed by atoms with van der Waals surface area (Å²) in [5.41, 5.74) is 0.588. The highest BCUT2D eigenvalue weighted by Crippen LogP contribution is 2.08. The summed E-state index contributed by atoms with van der Waals surface area (Å²) in [6.07, 6.45) is 4.38. The first-order valence-corrected chi connectivity index (χ1v) is 4.11. The van der Waals surface area contributed by atoms with Crippen LogP contribution >= 0.6 is 0 Å². The van der Waals surface area contributed by atoms with Gasteiger partial charge in [-0.25, -0.2) is 0 Å². The van der Waals surface area contributed by atoms with Crippen molar-refractivity contribution in [3.05, 3.63) is 24.4 Å². The van der Waals surface area contributed by atoms with Crippen molar-refractivity contribution in [2.75, 3.05) is 18.5 Å². The number of hydrogen-bond acceptors (Lipinski definition) is 4. The standard InChI is InChI=1S/C8H9N3O3/c12-8(7-5-13-1-2-14-7)11-6-3-9-10-4-6/h3-5H,1-2H2,(H,9,10)(H,11,12). The van der Waals surface area contributed by atoms with Gasteiger partial charge in [-0.3, -0.25) is 9.89 Å². The number of nitrogens with one attached hydrogen (secondary N) is 2. The molecule has 1 amide bonds. The van der Waals surface area contributed by atoms with E-state index in [1.807, 2.05) is 0 Å². The van der Waals surface area contributed by atoms with Gasteiger partial charge < -0.3 is 14.8 Å². The van der Waals surface area contributed by atoms with Crippen LogP contribution in [-0.2, 0) is 14.3 Å². The molecule has 1 aliphatic rings. The molecule has 0 radical (unpaired) electrons. The van der Waals surface area contributed by atoms with Gasteiger partial charge in [0.2, 0.25) is 5.76 Å². The van der Waals surface area contributed by atoms with Crippen molar-refractivity contribution in [3.8, 4) is 0 Å². The van der Waals surface area contributed by atoms with Crippen LogP contribution in [0, 0.1) is 0 Å². The third-order valence-corrected chi connectivity index (χ3v) is 1.63. The Morgan fingerprint density at radius 3 is 3.14 bits per heavy atom. The van der Waals surface area contributed by atoms with Crippen molar-refractivity contribution in [2.45, 2.75) is 0 Å². The Balaban J connectivity index is 1.98. The van der Waals surface area contributed by atoms with Gasteiger partial charge in [0.15, 0.2) is 0 Å². The largest absolute Gasteiger partial charge is 0.494 e. The normalized spacial score (nSPS) is 15.0. The number of H-pyrrole nitrogens is 1. The number of rotatable bonds is 2. The van der Waals surface area contributed by atoms with E-state index in [2.05, 4.69) is 15.5 Å². The average molecular weight is 195 g/mol. The summed E-state index contributed by atoms with van der Waals surface area (Å²) in [6, 6.07) is 0. The molecule has 0 aromatic carbocycles. The topological polar surface area (TPSA) is 76.2 Å². The van der Waals surface area contributed by atoms with Gasteiger partial charge in [0.1, 0.15) is 19.5 Å². The summed E-state index contributed by atoms with van der Waals surface area (Å²) < 4.78 is 10.0. The number of nitrogens with zero attached hydrogens (tertiary/aromatic N) is 1. The summed E-state index contributed by atoms with van der Waals surface area (Å²) in [7, 11) is 0. The SMILES string of the molecule is O=C(Nc1cn[nH]c1)C1=COCCO1. The fraction of sp³-hybridized carbons (Fsp3) is 0.250. The first kappa shape index (κ1) is 8.61. The zero-order valence-corrected chi connectivity index (χ0v) is 7.32. The minimum absolute atomic E-state index is 0.178. The maximum atomic E-state index is 11.4. The van der Waals surface area contributed by atoms with Crippen LogP contribution in [0.25, 0.3) is 0 Å². The van der Waals surface area contributed by atoms with Crippen LogP contribution in [0.1, 0.15) is 0 Å². The van der Waals surface area contributed by atoms with Crippen LogP contribution < -0.4 is 5.32 Å². The van der Waals surface area contributed by atoms with E-state index in [1.54, 1.807) is 6.20 Å². The number of ether oxygens (including phenoxy) is 2. The lowest BCUT2D eigenvalue weighted by Crippen LogP contribution is -2.20. The van der Waals surface area contributed by atoms with Gasteiger partial charge >= 0.3 is 0 Å². The van der Waals surface area contributed by atoms with E-state index >= 15 is 0 Å². The van der Waals surface area contributed by atoms with Crippen LogP contribution in [-0.4, -0.2) is 29.3 Å². The van der Waals surface area contributed by atoms with Crippen molar-refractivity contribution >= 4 is 11.6 Å². The van der Waals surface area contributed by atoms with Gasteiger partial charge in [0.25, 0.3) is 5.91 Å². The van der Waals surface area contributed by atoms with Crippen molar-refractivity contribution < 1.29 is 14.3 Å². The van der Waals surface area contributed by atoms with Gasteiger partial charge in [0.05, 0.1) is 11.9 Å². The number of aromatic amines is 1. The number of carbonyl (C=O) groups is 1. The molecule has 0 fully saturated rings. The van der Waals surface area contributed by atoms with Crippen LogP contribution in [0.3, 0.4) is 0 Å². The molecule has 0 spiro atoms. The van der Waals surface area contributed by atoms with Crippen LogP contribution in [0.5, 0.6) is 0 Å². The molecule has 2 N–H and O–H groups in total. The van der Waals surface area contributed by atoms with Crippen molar-refractivity contribution in [1.29, 1.82) is 0 Å². The molecule has 1 aromatic rings. The highest BCUT2D eigenvalue weighted by atomic mass is 16.6. The minimum atomic E-state index is -0.342. The van der Waals surface area contributed by atoms with E-state index in [1.165, 1.54) is 12.5 Å². The van der Waals surface area contributed by atoms with Gasteiger partial charge in [-0.2, -0.15) is 5.10 Å². The lowest BCUT2D eigenvalue weighted by molar-refractivity contribution is -0.117. The van der Waals surface area contributed by atoms with Gasteiger partial charge in [-0.05, 0) is 0 Å². The molecule has 1 aromatic heterocycles. The van der Waals surface area contributed by atoms with Gasteiger partial charge in [0, 0.05) is 6.20 Å². The summed E-state index contributed by atoms with van der Waals surface area (Å²) in [5, 5.41) is 8.86. The molecule has 2 heterocycles. The molecule has 6 heteroatoms. The lowest BCUT2D eigenvalue weighted by atomic mass is 10.4. The van der Waals surface area contributed by atoms with Crippen molar-refractivity contribution in [2.24, 2.45) is 0 Å². The quantitative estimate of drug-likeness (QED) is 0.708. The van der Waals surface area contributed by atoms with Crippen molar-refractivity contribution in [1.82, 2.24) is 10.2 Å². The van der Waals surface area contributed by atoms with Crippen LogP contribution in [0.2, 0.25) is 0 Å². The molecular formula is C8H9N3O3. The van der Waals surface area contributed by atoms with Crippen LogP contribution in [0.15, 0.2) is 24.4 Å². The lowest BCUT2D eigenvalue weighted by Gasteiger charge is -2.14. The molecule has 0 unspecified atom stereocenters. The molecule has 0 bridgehead atoms. The van der Waals surface area contributed by atoms with E-state index in [0.717, 1.165) is 0 Å². The number of carbonyl (C=O) groups excluding carboxylic acids is 1. The second-order valence-electron chi connectivity index (χ2n) is 2.64. The summed E-state index contributed by atoms with van der Waals surface area (Å²) in [4.78, 5) is 11.4. The Hall–Kier alpha value is -1.98. The fourth-order valence-electron chi connectivity index (χ4n) is 0.999. The molecule has 0 aliphatic carbocycles. The third-order valence-electron chi connectivity index (χ3n) is 1.63. The summed E-state index contributed by atoms with van der Waals surface area (Å²) >= 11 is 0. The highest BCUT2D eigenvalue weighted by molar-refractivity contribution is 6.01. The maximum Gasteiger partial charge on any atom is 0.294 e. The smallest absolute Gasteiger partial charge is 0.294 e. The monoisotopic (exact) mass is 195 g/mol. The molecule has 6 nitrogen and oxygen atoms in total. The predicted octanol–water partition coefficient (Wildman–Crippen LogP) is 0.236. The maximum absolute atomic E-state index is 11.4. The Kier molecular flexibility index (Phi) is 2.35. The van der Waals surface area contributed by atoms with Crippen molar-refractivity contribution in [3.63, 3.8) is 0 Å². The second-order valence-corrected chi connectivity index (χ2v) is 2.64. The minimum Gasteiger partial charge on any atom is -0.494 e. The van der Waals surface area contributed by atoms with Gasteiger partial charge in [-0.1, -0.05) is 0 Å². The van der Waals surface area contributed by atoms with E-state index in [9.17, 15) is 4.79 Å². The molecule has 0 saturated carbocycles. The van der Waals surface area contributed by atoms with E-state index < -0.39 is 0 Å². The summed E-state index contributed by atoms with van der Waals surface area (Å²) in [6.45, 7) is 0.868. The summed E-state index contributed by atoms with van der Waals surface area (Å²) in [5.74, 6) is -0.163. The first-order chi connectivity index (χ1) is 6.86. The molecular weight excluding hydrogens is 186 g/mol. The second kappa shape index (κ2) is 3.82. The Morgan fingerprint density at radius 2 is 2.50 bits per heavy atom. The van der Waals surface area contributed by atoms with E-state index in [0.29, 0.717) is 18.9 Å².